The quantitative estimate of drug-likeness (QED) is 0.565. The zero-order chi connectivity index (χ0) is 16.1. The molecular formula is C20H21N4+. The summed E-state index contributed by atoms with van der Waals surface area (Å²) in [7, 11) is 2.26. The van der Waals surface area contributed by atoms with Crippen molar-refractivity contribution in [2.75, 3.05) is 38.1 Å². The number of benzene rings is 2. The molecule has 1 fully saturated rings. The molecule has 1 aliphatic heterocycles. The number of rotatable bonds is 1. The molecule has 5 rings (SSSR count). The van der Waals surface area contributed by atoms with Crippen molar-refractivity contribution in [1.29, 1.82) is 0 Å². The number of hydrogen-bond acceptors (Lipinski definition) is 2. The van der Waals surface area contributed by atoms with Gasteiger partial charge in [0.05, 0.1) is 44.3 Å². The summed E-state index contributed by atoms with van der Waals surface area (Å²) in [4.78, 5) is 12.5. The second-order valence-electron chi connectivity index (χ2n) is 6.84. The molecule has 4 aromatic rings. The van der Waals surface area contributed by atoms with E-state index in [1.54, 1.807) is 4.90 Å². The molecule has 4 heteroatoms. The Bertz CT molecular complexity index is 1040. The standard InChI is InChI=1S/C20H20N4/c1-23-10-12-24(13-11-23)19-9-7-16-18(21-19)8-6-15-14-4-2-3-5-17(14)22-20(15)16/h2-9,22H,10-13H2,1H3/p+1. The van der Waals surface area contributed by atoms with Gasteiger partial charge in [-0.15, -0.1) is 0 Å². The van der Waals surface area contributed by atoms with Gasteiger partial charge in [0, 0.05) is 21.7 Å². The lowest BCUT2D eigenvalue weighted by molar-refractivity contribution is -0.880. The van der Waals surface area contributed by atoms with E-state index in [2.05, 4.69) is 65.5 Å². The van der Waals surface area contributed by atoms with E-state index in [4.69, 9.17) is 4.98 Å². The third-order valence-electron chi connectivity index (χ3n) is 5.27. The molecule has 2 N–H and O–H groups in total. The number of likely N-dealkylation sites (N-methyl/N-ethyl adjacent to an activating group) is 1. The van der Waals surface area contributed by atoms with Gasteiger partial charge < -0.3 is 14.8 Å². The highest BCUT2D eigenvalue weighted by atomic mass is 15.3. The molecule has 0 aliphatic carbocycles. The molecular weight excluding hydrogens is 296 g/mol. The second-order valence-corrected chi connectivity index (χ2v) is 6.84. The van der Waals surface area contributed by atoms with E-state index in [1.165, 1.54) is 40.3 Å². The Labute approximate surface area is 140 Å². The van der Waals surface area contributed by atoms with E-state index < -0.39 is 0 Å². The van der Waals surface area contributed by atoms with E-state index in [0.29, 0.717) is 0 Å². The number of pyridine rings is 1. The number of aromatic amines is 1. The van der Waals surface area contributed by atoms with Crippen LogP contribution in [-0.4, -0.2) is 43.2 Å². The van der Waals surface area contributed by atoms with Crippen LogP contribution < -0.4 is 9.80 Å². The Hall–Kier alpha value is -2.59. The predicted molar refractivity (Wildman–Crippen MR) is 99.9 cm³/mol. The van der Waals surface area contributed by atoms with Crippen LogP contribution in [0.5, 0.6) is 0 Å². The van der Waals surface area contributed by atoms with Crippen LogP contribution in [0.25, 0.3) is 32.7 Å². The summed E-state index contributed by atoms with van der Waals surface area (Å²) < 4.78 is 0. The molecule has 0 radical (unpaired) electrons. The fourth-order valence-corrected chi connectivity index (χ4v) is 3.81. The number of anilines is 1. The summed E-state index contributed by atoms with van der Waals surface area (Å²) in [5, 5.41) is 3.75. The zero-order valence-electron chi connectivity index (χ0n) is 13.8. The van der Waals surface area contributed by atoms with Crippen LogP contribution >= 0.6 is 0 Å². The molecule has 1 aliphatic rings. The average Bonchev–Trinajstić information content (AvgIpc) is 3.01. The van der Waals surface area contributed by atoms with Crippen molar-refractivity contribution in [1.82, 2.24) is 9.97 Å². The molecule has 0 atom stereocenters. The van der Waals surface area contributed by atoms with Crippen LogP contribution in [-0.2, 0) is 0 Å². The molecule has 0 bridgehead atoms. The Kier molecular flexibility index (Phi) is 3.00. The largest absolute Gasteiger partial charge is 0.354 e. The van der Waals surface area contributed by atoms with E-state index in [1.807, 2.05) is 0 Å². The van der Waals surface area contributed by atoms with Crippen molar-refractivity contribution < 1.29 is 4.90 Å². The topological polar surface area (TPSA) is 36.4 Å². The number of H-pyrrole nitrogens is 1. The van der Waals surface area contributed by atoms with Crippen molar-refractivity contribution in [3.8, 4) is 0 Å². The number of hydrogen-bond donors (Lipinski definition) is 2. The zero-order valence-corrected chi connectivity index (χ0v) is 13.8. The van der Waals surface area contributed by atoms with E-state index in [0.717, 1.165) is 24.4 Å². The van der Waals surface area contributed by atoms with E-state index >= 15 is 0 Å². The fourth-order valence-electron chi connectivity index (χ4n) is 3.81. The number of nitrogens with zero attached hydrogens (tertiary/aromatic N) is 2. The first kappa shape index (κ1) is 13.8. The Morgan fingerprint density at radius 2 is 1.71 bits per heavy atom. The number of nitrogens with one attached hydrogen (secondary N) is 2. The average molecular weight is 317 g/mol. The third kappa shape index (κ3) is 2.07. The number of quaternary nitrogens is 1. The highest BCUT2D eigenvalue weighted by Gasteiger charge is 2.18. The van der Waals surface area contributed by atoms with Gasteiger partial charge in [-0.25, -0.2) is 4.98 Å². The lowest BCUT2D eigenvalue weighted by atomic mass is 10.1. The predicted octanol–water partition coefficient (Wildman–Crippen LogP) is 2.20. The molecule has 120 valence electrons. The van der Waals surface area contributed by atoms with E-state index in [9.17, 15) is 0 Å². The summed E-state index contributed by atoms with van der Waals surface area (Å²) in [6.45, 7) is 4.53. The Balaban J connectivity index is 1.65. The smallest absolute Gasteiger partial charge is 0.129 e. The van der Waals surface area contributed by atoms with Gasteiger partial charge in [-0.3, -0.25) is 0 Å². The van der Waals surface area contributed by atoms with Crippen molar-refractivity contribution in [3.05, 3.63) is 48.5 Å². The first-order chi connectivity index (χ1) is 11.8. The van der Waals surface area contributed by atoms with Gasteiger partial charge in [-0.05, 0) is 24.3 Å². The minimum absolute atomic E-state index is 1.07. The summed E-state index contributed by atoms with van der Waals surface area (Å²) in [6.07, 6.45) is 0. The van der Waals surface area contributed by atoms with Crippen LogP contribution in [0.1, 0.15) is 0 Å². The minimum atomic E-state index is 1.07. The maximum atomic E-state index is 4.94. The summed E-state index contributed by atoms with van der Waals surface area (Å²) in [5.74, 6) is 1.10. The molecule has 3 heterocycles. The van der Waals surface area contributed by atoms with Crippen LogP contribution in [0.15, 0.2) is 48.5 Å². The normalized spacial score (nSPS) is 16.5. The van der Waals surface area contributed by atoms with Crippen molar-refractivity contribution in [2.24, 2.45) is 0 Å². The van der Waals surface area contributed by atoms with E-state index in [-0.39, 0.29) is 0 Å². The van der Waals surface area contributed by atoms with Gasteiger partial charge >= 0.3 is 0 Å². The van der Waals surface area contributed by atoms with Gasteiger partial charge in [0.2, 0.25) is 0 Å². The molecule has 0 saturated carbocycles. The molecule has 0 unspecified atom stereocenters. The van der Waals surface area contributed by atoms with Gasteiger partial charge in [0.15, 0.2) is 0 Å². The van der Waals surface area contributed by atoms with Gasteiger partial charge in [-0.1, -0.05) is 24.3 Å². The lowest BCUT2D eigenvalue weighted by Gasteiger charge is -2.31. The minimum Gasteiger partial charge on any atom is -0.354 e. The fraction of sp³-hybridized carbons (Fsp3) is 0.250. The number of piperazine rings is 1. The summed E-state index contributed by atoms with van der Waals surface area (Å²) in [6, 6.07) is 17.2. The highest BCUT2D eigenvalue weighted by Crippen LogP contribution is 2.31. The summed E-state index contributed by atoms with van der Waals surface area (Å²) in [5.41, 5.74) is 3.44. The summed E-state index contributed by atoms with van der Waals surface area (Å²) >= 11 is 0. The van der Waals surface area contributed by atoms with Crippen molar-refractivity contribution in [2.45, 2.75) is 0 Å². The van der Waals surface area contributed by atoms with Crippen LogP contribution in [0.3, 0.4) is 0 Å². The van der Waals surface area contributed by atoms with Crippen molar-refractivity contribution in [3.63, 3.8) is 0 Å². The third-order valence-corrected chi connectivity index (χ3v) is 5.27. The molecule has 0 spiro atoms. The molecule has 4 nitrogen and oxygen atoms in total. The first-order valence-electron chi connectivity index (χ1n) is 8.66. The second kappa shape index (κ2) is 5.21. The molecule has 24 heavy (non-hydrogen) atoms. The number of fused-ring (bicyclic) bond motifs is 5. The van der Waals surface area contributed by atoms with Gasteiger partial charge in [-0.2, -0.15) is 0 Å². The van der Waals surface area contributed by atoms with Crippen LogP contribution in [0.2, 0.25) is 0 Å². The first-order valence-corrected chi connectivity index (χ1v) is 8.66. The number of para-hydroxylation sites is 1. The molecule has 1 saturated heterocycles. The SMILES string of the molecule is C[NH+]1CCN(c2ccc3c(ccc4c5ccccc5[nH]c34)n2)CC1. The molecule has 2 aromatic heterocycles. The van der Waals surface area contributed by atoms with Crippen LogP contribution in [0, 0.1) is 0 Å². The van der Waals surface area contributed by atoms with Gasteiger partial charge in [0.1, 0.15) is 5.82 Å². The highest BCUT2D eigenvalue weighted by molar-refractivity contribution is 6.16. The maximum Gasteiger partial charge on any atom is 0.129 e. The van der Waals surface area contributed by atoms with Crippen molar-refractivity contribution >= 4 is 38.5 Å². The Morgan fingerprint density at radius 1 is 0.917 bits per heavy atom. The maximum absolute atomic E-state index is 4.94. The Morgan fingerprint density at radius 3 is 2.58 bits per heavy atom. The molecule has 0 amide bonds. The molecule has 2 aromatic carbocycles. The van der Waals surface area contributed by atoms with Crippen LogP contribution in [0.4, 0.5) is 5.82 Å². The number of aromatic nitrogens is 2. The lowest BCUT2D eigenvalue weighted by Crippen LogP contribution is -3.12. The monoisotopic (exact) mass is 317 g/mol. The van der Waals surface area contributed by atoms with Gasteiger partial charge in [0.25, 0.3) is 0 Å².